The van der Waals surface area contributed by atoms with E-state index in [1.165, 1.54) is 14.2 Å². The predicted octanol–water partition coefficient (Wildman–Crippen LogP) is 5.55. The maximum absolute atomic E-state index is 14.2. The average molecular weight is 663 g/mol. The monoisotopic (exact) mass is 662 g/mol. The SMILES string of the molecule is COCC(=O)N(C)C1CCCCC1C(C)C(C)Cc1nc(Nc2ccc(C(=O)NC3CCN(C)CC3)cc2OC)ncc1C(F)(F)F. The van der Waals surface area contributed by atoms with Crippen molar-refractivity contribution in [1.29, 1.82) is 0 Å². The normalized spacial score (nSPS) is 20.7. The Labute approximate surface area is 275 Å². The highest BCUT2D eigenvalue weighted by Gasteiger charge is 2.39. The molecule has 260 valence electrons. The lowest BCUT2D eigenvalue weighted by atomic mass is 9.71. The summed E-state index contributed by atoms with van der Waals surface area (Å²) in [5.41, 5.74) is -0.135. The van der Waals surface area contributed by atoms with Gasteiger partial charge in [-0.25, -0.2) is 9.97 Å². The number of anilines is 2. The molecule has 2 amide bonds. The number of aromatic nitrogens is 2. The first-order chi connectivity index (χ1) is 22.3. The highest BCUT2D eigenvalue weighted by molar-refractivity contribution is 5.95. The van der Waals surface area contributed by atoms with Gasteiger partial charge in [0.15, 0.2) is 0 Å². The highest BCUT2D eigenvalue weighted by Crippen LogP contribution is 2.39. The second-order valence-electron chi connectivity index (χ2n) is 13.1. The first kappa shape index (κ1) is 36.4. The van der Waals surface area contributed by atoms with Crippen molar-refractivity contribution in [3.05, 3.63) is 41.2 Å². The maximum Gasteiger partial charge on any atom is 0.419 e. The molecule has 1 saturated carbocycles. The molecule has 0 radical (unpaired) electrons. The summed E-state index contributed by atoms with van der Waals surface area (Å²) in [7, 11) is 6.79. The van der Waals surface area contributed by atoms with Crippen molar-refractivity contribution in [3.63, 3.8) is 0 Å². The standard InChI is InChI=1S/C34H49F3N6O4/c1-21(22(2)25-9-7-8-10-29(25)43(4)31(44)20-46-5)17-28-26(34(35,36)37)19-38-33(41-28)40-27-12-11-23(18-30(27)47-6)32(45)39-24-13-15-42(3)16-14-24/h11-12,18-19,21-22,24-25,29H,7-10,13-17,20H2,1-6H3,(H,39,45)(H,38,40,41). The largest absolute Gasteiger partial charge is 0.495 e. The molecule has 1 aliphatic heterocycles. The summed E-state index contributed by atoms with van der Waals surface area (Å²) in [6, 6.07) is 4.96. The van der Waals surface area contributed by atoms with Gasteiger partial charge in [0, 0.05) is 38.0 Å². The van der Waals surface area contributed by atoms with Crippen molar-refractivity contribution < 1.29 is 32.2 Å². The molecule has 2 fully saturated rings. The van der Waals surface area contributed by atoms with E-state index in [1.807, 2.05) is 6.92 Å². The number of likely N-dealkylation sites (N-methyl/N-ethyl adjacent to an activating group) is 1. The van der Waals surface area contributed by atoms with Crippen molar-refractivity contribution >= 4 is 23.5 Å². The van der Waals surface area contributed by atoms with E-state index in [-0.39, 0.29) is 66.3 Å². The molecule has 1 aromatic heterocycles. The Morgan fingerprint density at radius 1 is 1.11 bits per heavy atom. The molecule has 2 N–H and O–H groups in total. The van der Waals surface area contributed by atoms with E-state index in [4.69, 9.17) is 9.47 Å². The molecule has 1 saturated heterocycles. The summed E-state index contributed by atoms with van der Waals surface area (Å²) in [6.45, 7) is 5.83. The van der Waals surface area contributed by atoms with Crippen LogP contribution in [0.3, 0.4) is 0 Å². The average Bonchev–Trinajstić information content (AvgIpc) is 3.04. The lowest BCUT2D eigenvalue weighted by Gasteiger charge is -2.42. The second-order valence-corrected chi connectivity index (χ2v) is 13.1. The highest BCUT2D eigenvalue weighted by atomic mass is 19.4. The van der Waals surface area contributed by atoms with Crippen molar-refractivity contribution in [2.75, 3.05) is 53.3 Å². The molecule has 2 aromatic rings. The molecule has 4 atom stereocenters. The number of hydrogen-bond donors (Lipinski definition) is 2. The summed E-state index contributed by atoms with van der Waals surface area (Å²) < 4.78 is 53.0. The van der Waals surface area contributed by atoms with Crippen LogP contribution in [-0.2, 0) is 22.1 Å². The smallest absolute Gasteiger partial charge is 0.419 e. The number of piperidine rings is 1. The quantitative estimate of drug-likeness (QED) is 0.305. The Kier molecular flexibility index (Phi) is 12.5. The third kappa shape index (κ3) is 9.34. The number of halogens is 3. The van der Waals surface area contributed by atoms with Crippen LogP contribution in [0.4, 0.5) is 24.8 Å². The van der Waals surface area contributed by atoms with E-state index < -0.39 is 11.7 Å². The molecule has 10 nitrogen and oxygen atoms in total. The summed E-state index contributed by atoms with van der Waals surface area (Å²) in [5.74, 6) is 0.0223. The number of rotatable bonds is 12. The molecule has 4 unspecified atom stereocenters. The number of ether oxygens (including phenoxy) is 2. The van der Waals surface area contributed by atoms with Gasteiger partial charge in [0.25, 0.3) is 5.91 Å². The Hall–Kier alpha value is -3.45. The van der Waals surface area contributed by atoms with E-state index in [9.17, 15) is 22.8 Å². The number of nitrogens with zero attached hydrogens (tertiary/aromatic N) is 4. The molecule has 1 aromatic carbocycles. The van der Waals surface area contributed by atoms with Gasteiger partial charge in [0.05, 0.1) is 24.1 Å². The molecular formula is C34H49F3N6O4. The Morgan fingerprint density at radius 3 is 2.47 bits per heavy atom. The zero-order chi connectivity index (χ0) is 34.3. The van der Waals surface area contributed by atoms with Gasteiger partial charge in [-0.3, -0.25) is 9.59 Å². The molecule has 0 bridgehead atoms. The van der Waals surface area contributed by atoms with Crippen LogP contribution in [0.2, 0.25) is 0 Å². The van der Waals surface area contributed by atoms with Crippen LogP contribution in [0.25, 0.3) is 0 Å². The molecule has 1 aliphatic carbocycles. The molecule has 2 aliphatic rings. The number of likely N-dealkylation sites (tertiary alicyclic amines) is 1. The van der Waals surface area contributed by atoms with Gasteiger partial charge in [-0.15, -0.1) is 0 Å². The zero-order valence-corrected chi connectivity index (χ0v) is 28.3. The first-order valence-corrected chi connectivity index (χ1v) is 16.4. The van der Waals surface area contributed by atoms with Gasteiger partial charge < -0.3 is 29.9 Å². The topological polar surface area (TPSA) is 109 Å². The molecule has 2 heterocycles. The minimum absolute atomic E-state index is 0.00421. The van der Waals surface area contributed by atoms with Crippen molar-refractivity contribution in [1.82, 2.24) is 25.1 Å². The molecular weight excluding hydrogens is 613 g/mol. The minimum atomic E-state index is -4.63. The second kappa shape index (κ2) is 16.1. The molecule has 13 heteroatoms. The lowest BCUT2D eigenvalue weighted by Crippen LogP contribution is -2.47. The number of carbonyl (C=O) groups is 2. The summed E-state index contributed by atoms with van der Waals surface area (Å²) >= 11 is 0. The van der Waals surface area contributed by atoms with Gasteiger partial charge in [-0.1, -0.05) is 26.7 Å². The fraction of sp³-hybridized carbons (Fsp3) is 0.647. The van der Waals surface area contributed by atoms with Gasteiger partial charge in [-0.05, 0) is 88.2 Å². The van der Waals surface area contributed by atoms with E-state index in [0.29, 0.717) is 17.0 Å². The minimum Gasteiger partial charge on any atom is -0.495 e. The predicted molar refractivity (Wildman–Crippen MR) is 174 cm³/mol. The van der Waals surface area contributed by atoms with Gasteiger partial charge in [0.2, 0.25) is 11.9 Å². The Balaban J connectivity index is 1.51. The van der Waals surface area contributed by atoms with E-state index in [1.54, 1.807) is 30.1 Å². The van der Waals surface area contributed by atoms with Crippen LogP contribution in [0.1, 0.15) is 74.0 Å². The number of alkyl halides is 3. The fourth-order valence-corrected chi connectivity index (χ4v) is 6.90. The number of methoxy groups -OCH3 is 2. The van der Waals surface area contributed by atoms with Crippen LogP contribution in [0, 0.1) is 17.8 Å². The van der Waals surface area contributed by atoms with Crippen molar-refractivity contribution in [2.24, 2.45) is 17.8 Å². The third-order valence-electron chi connectivity index (χ3n) is 9.97. The van der Waals surface area contributed by atoms with Gasteiger partial charge in [0.1, 0.15) is 12.4 Å². The van der Waals surface area contributed by atoms with Crippen molar-refractivity contribution in [2.45, 2.75) is 77.1 Å². The third-order valence-corrected chi connectivity index (χ3v) is 9.97. The van der Waals surface area contributed by atoms with E-state index in [2.05, 4.69) is 39.5 Å². The number of benzene rings is 1. The van der Waals surface area contributed by atoms with Crippen molar-refractivity contribution in [3.8, 4) is 5.75 Å². The maximum atomic E-state index is 14.2. The number of carbonyl (C=O) groups excluding carboxylic acids is 2. The summed E-state index contributed by atoms with van der Waals surface area (Å²) in [6.07, 6.45) is 1.78. The molecule has 47 heavy (non-hydrogen) atoms. The van der Waals surface area contributed by atoms with Gasteiger partial charge in [-0.2, -0.15) is 13.2 Å². The number of amides is 2. The van der Waals surface area contributed by atoms with E-state index in [0.717, 1.165) is 57.8 Å². The zero-order valence-electron chi connectivity index (χ0n) is 28.3. The van der Waals surface area contributed by atoms with Crippen LogP contribution < -0.4 is 15.4 Å². The Bertz CT molecular complexity index is 1370. The Morgan fingerprint density at radius 2 is 1.81 bits per heavy atom. The summed E-state index contributed by atoms with van der Waals surface area (Å²) in [4.78, 5) is 37.9. The number of hydrogen-bond acceptors (Lipinski definition) is 8. The summed E-state index contributed by atoms with van der Waals surface area (Å²) in [5, 5.41) is 6.08. The number of nitrogens with one attached hydrogen (secondary N) is 2. The van der Waals surface area contributed by atoms with Crippen LogP contribution in [0.15, 0.2) is 24.4 Å². The fourth-order valence-electron chi connectivity index (χ4n) is 6.90. The molecule has 4 rings (SSSR count). The van der Waals surface area contributed by atoms with Crippen LogP contribution in [-0.4, -0.2) is 91.7 Å². The molecule has 0 spiro atoms. The van der Waals surface area contributed by atoms with E-state index >= 15 is 0 Å². The van der Waals surface area contributed by atoms with Crippen LogP contribution in [0.5, 0.6) is 5.75 Å². The lowest BCUT2D eigenvalue weighted by molar-refractivity contribution is -0.139. The first-order valence-electron chi connectivity index (χ1n) is 16.4. The van der Waals surface area contributed by atoms with Crippen LogP contribution >= 0.6 is 0 Å². The van der Waals surface area contributed by atoms with Gasteiger partial charge >= 0.3 is 6.18 Å².